The Morgan fingerprint density at radius 2 is 2.21 bits per heavy atom. The van der Waals surface area contributed by atoms with Crippen molar-refractivity contribution in [3.05, 3.63) is 0 Å². The van der Waals surface area contributed by atoms with Gasteiger partial charge in [0.1, 0.15) is 6.04 Å². The van der Waals surface area contributed by atoms with Gasteiger partial charge >= 0.3 is 0 Å². The smallest absolute Gasteiger partial charge is 0.245 e. The lowest BCUT2D eigenvalue weighted by Gasteiger charge is -2.35. The number of nitrogens with two attached hydrogens (primary N) is 1. The lowest BCUT2D eigenvalue weighted by molar-refractivity contribution is -0.148. The van der Waals surface area contributed by atoms with Crippen molar-refractivity contribution in [2.75, 3.05) is 26.3 Å². The highest BCUT2D eigenvalue weighted by Gasteiger charge is 2.36. The normalized spacial score (nSPS) is 24.9. The Morgan fingerprint density at radius 1 is 1.47 bits per heavy atom. The quantitative estimate of drug-likeness (QED) is 0.703. The highest BCUT2D eigenvalue weighted by atomic mass is 16.5. The molecule has 6 heteroatoms. The minimum absolute atomic E-state index is 0.0287. The summed E-state index contributed by atoms with van der Waals surface area (Å²) in [6, 6.07) is -0.571. The number of rotatable bonds is 5. The van der Waals surface area contributed by atoms with Gasteiger partial charge in [-0.3, -0.25) is 9.59 Å². The van der Waals surface area contributed by atoms with Crippen LogP contribution in [0, 0.1) is 5.92 Å². The van der Waals surface area contributed by atoms with Crippen LogP contribution >= 0.6 is 0 Å². The molecule has 3 N–H and O–H groups in total. The van der Waals surface area contributed by atoms with Crippen molar-refractivity contribution in [3.8, 4) is 0 Å². The molecule has 2 unspecified atom stereocenters. The molecule has 2 fully saturated rings. The van der Waals surface area contributed by atoms with Crippen LogP contribution in [0.25, 0.3) is 0 Å². The number of nitrogens with zero attached hydrogens (tertiary/aromatic N) is 1. The SMILES string of the molecule is CCNC(=O)C1COCCN1C(=O)CC(N)C1CC1. The Balaban J connectivity index is 1.93. The summed E-state index contributed by atoms with van der Waals surface area (Å²) in [7, 11) is 0. The molecule has 0 spiro atoms. The first-order valence-corrected chi connectivity index (χ1v) is 7.04. The van der Waals surface area contributed by atoms with E-state index in [4.69, 9.17) is 10.5 Å². The van der Waals surface area contributed by atoms with Crippen molar-refractivity contribution >= 4 is 11.8 Å². The van der Waals surface area contributed by atoms with E-state index in [1.807, 2.05) is 6.92 Å². The molecule has 0 aromatic rings. The molecule has 2 rings (SSSR count). The maximum absolute atomic E-state index is 12.3. The van der Waals surface area contributed by atoms with Crippen molar-refractivity contribution < 1.29 is 14.3 Å². The average Bonchev–Trinajstić information content (AvgIpc) is 3.23. The molecule has 0 aromatic heterocycles. The Bertz CT molecular complexity index is 344. The Labute approximate surface area is 113 Å². The Morgan fingerprint density at radius 3 is 2.84 bits per heavy atom. The topological polar surface area (TPSA) is 84.7 Å². The molecular formula is C13H23N3O3. The molecule has 1 heterocycles. The zero-order valence-corrected chi connectivity index (χ0v) is 11.4. The summed E-state index contributed by atoms with van der Waals surface area (Å²) in [6.45, 7) is 3.64. The fourth-order valence-corrected chi connectivity index (χ4v) is 2.42. The number of ether oxygens (including phenoxy) is 1. The van der Waals surface area contributed by atoms with Crippen molar-refractivity contribution in [2.45, 2.75) is 38.3 Å². The molecule has 108 valence electrons. The number of carbonyl (C=O) groups is 2. The maximum atomic E-state index is 12.3. The molecule has 1 saturated carbocycles. The number of morpholine rings is 1. The van der Waals surface area contributed by atoms with Crippen LogP contribution in [0.3, 0.4) is 0 Å². The van der Waals surface area contributed by atoms with Crippen molar-refractivity contribution in [1.82, 2.24) is 10.2 Å². The first-order valence-electron chi connectivity index (χ1n) is 7.04. The summed E-state index contributed by atoms with van der Waals surface area (Å²) in [4.78, 5) is 25.8. The summed E-state index contributed by atoms with van der Waals surface area (Å²) >= 11 is 0. The predicted molar refractivity (Wildman–Crippen MR) is 70.3 cm³/mol. The third-order valence-electron chi connectivity index (χ3n) is 3.74. The van der Waals surface area contributed by atoms with Gasteiger partial charge in [0, 0.05) is 25.6 Å². The number of hydrogen-bond donors (Lipinski definition) is 2. The van der Waals surface area contributed by atoms with E-state index in [9.17, 15) is 9.59 Å². The van der Waals surface area contributed by atoms with Crippen LogP contribution in [0.4, 0.5) is 0 Å². The van der Waals surface area contributed by atoms with E-state index in [0.717, 1.165) is 12.8 Å². The van der Waals surface area contributed by atoms with Gasteiger partial charge < -0.3 is 20.7 Å². The molecule has 2 atom stereocenters. The number of carbonyl (C=O) groups excluding carboxylic acids is 2. The summed E-state index contributed by atoms with van der Waals surface area (Å²) in [5, 5.41) is 2.74. The van der Waals surface area contributed by atoms with Crippen LogP contribution in [0.1, 0.15) is 26.2 Å². The van der Waals surface area contributed by atoms with Crippen LogP contribution in [0.5, 0.6) is 0 Å². The van der Waals surface area contributed by atoms with Gasteiger partial charge in [-0.25, -0.2) is 0 Å². The van der Waals surface area contributed by atoms with Crippen molar-refractivity contribution in [2.24, 2.45) is 11.7 Å². The van der Waals surface area contributed by atoms with Crippen molar-refractivity contribution in [1.29, 1.82) is 0 Å². The maximum Gasteiger partial charge on any atom is 0.245 e. The van der Waals surface area contributed by atoms with Gasteiger partial charge in [-0.1, -0.05) is 0 Å². The average molecular weight is 269 g/mol. The molecule has 0 bridgehead atoms. The second-order valence-electron chi connectivity index (χ2n) is 5.28. The van der Waals surface area contributed by atoms with E-state index in [2.05, 4.69) is 5.32 Å². The lowest BCUT2D eigenvalue weighted by atomic mass is 10.1. The number of amides is 2. The third kappa shape index (κ3) is 3.67. The molecule has 0 radical (unpaired) electrons. The molecule has 0 aromatic carbocycles. The second-order valence-corrected chi connectivity index (χ2v) is 5.28. The summed E-state index contributed by atoms with van der Waals surface area (Å²) in [5.41, 5.74) is 5.99. The minimum atomic E-state index is -0.507. The molecule has 19 heavy (non-hydrogen) atoms. The first-order chi connectivity index (χ1) is 9.13. The highest BCUT2D eigenvalue weighted by Crippen LogP contribution is 2.33. The van der Waals surface area contributed by atoms with Crippen LogP contribution in [-0.2, 0) is 14.3 Å². The highest BCUT2D eigenvalue weighted by molar-refractivity contribution is 5.88. The van der Waals surface area contributed by atoms with E-state index >= 15 is 0 Å². The van der Waals surface area contributed by atoms with E-state index in [1.54, 1.807) is 4.90 Å². The van der Waals surface area contributed by atoms with Crippen LogP contribution in [-0.4, -0.2) is 55.1 Å². The van der Waals surface area contributed by atoms with E-state index in [0.29, 0.717) is 32.0 Å². The monoisotopic (exact) mass is 269 g/mol. The second kappa shape index (κ2) is 6.34. The Hall–Kier alpha value is -1.14. The fourth-order valence-electron chi connectivity index (χ4n) is 2.42. The minimum Gasteiger partial charge on any atom is -0.377 e. The van der Waals surface area contributed by atoms with Gasteiger partial charge in [-0.05, 0) is 25.7 Å². The van der Waals surface area contributed by atoms with Crippen LogP contribution in [0.2, 0.25) is 0 Å². The zero-order chi connectivity index (χ0) is 13.8. The van der Waals surface area contributed by atoms with Crippen LogP contribution in [0.15, 0.2) is 0 Å². The Kier molecular flexibility index (Phi) is 4.76. The van der Waals surface area contributed by atoms with Gasteiger partial charge in [-0.2, -0.15) is 0 Å². The molecule has 2 aliphatic rings. The van der Waals surface area contributed by atoms with Gasteiger partial charge in [0.25, 0.3) is 0 Å². The molecule has 1 saturated heterocycles. The molecule has 2 amide bonds. The largest absolute Gasteiger partial charge is 0.377 e. The van der Waals surface area contributed by atoms with E-state index in [-0.39, 0.29) is 24.5 Å². The fraction of sp³-hybridized carbons (Fsp3) is 0.846. The molecule has 1 aliphatic heterocycles. The zero-order valence-electron chi connectivity index (χ0n) is 11.4. The summed E-state index contributed by atoms with van der Waals surface area (Å²) in [6.07, 6.45) is 2.58. The molecule has 1 aliphatic carbocycles. The summed E-state index contributed by atoms with van der Waals surface area (Å²) < 4.78 is 5.31. The third-order valence-corrected chi connectivity index (χ3v) is 3.74. The molecule has 6 nitrogen and oxygen atoms in total. The predicted octanol–water partition coefficient (Wildman–Crippen LogP) is -0.523. The number of hydrogen-bond acceptors (Lipinski definition) is 4. The van der Waals surface area contributed by atoms with E-state index in [1.165, 1.54) is 0 Å². The van der Waals surface area contributed by atoms with Gasteiger partial charge in [0.2, 0.25) is 11.8 Å². The van der Waals surface area contributed by atoms with Gasteiger partial charge in [-0.15, -0.1) is 0 Å². The number of likely N-dealkylation sites (N-methyl/N-ethyl adjacent to an activating group) is 1. The first kappa shape index (κ1) is 14.3. The molecular weight excluding hydrogens is 246 g/mol. The van der Waals surface area contributed by atoms with Crippen molar-refractivity contribution in [3.63, 3.8) is 0 Å². The van der Waals surface area contributed by atoms with Gasteiger partial charge in [0.05, 0.1) is 13.2 Å². The lowest BCUT2D eigenvalue weighted by Crippen LogP contribution is -2.56. The standard InChI is InChI=1S/C13H23N3O3/c1-2-15-13(18)11-8-19-6-5-16(11)12(17)7-10(14)9-3-4-9/h9-11H,2-8,14H2,1H3,(H,15,18). The van der Waals surface area contributed by atoms with Gasteiger partial charge in [0.15, 0.2) is 0 Å². The van der Waals surface area contributed by atoms with E-state index < -0.39 is 6.04 Å². The summed E-state index contributed by atoms with van der Waals surface area (Å²) in [5.74, 6) is 0.322. The number of nitrogens with one attached hydrogen (secondary N) is 1. The van der Waals surface area contributed by atoms with Crippen LogP contribution < -0.4 is 11.1 Å².